The quantitative estimate of drug-likeness (QED) is 0.648. The van der Waals surface area contributed by atoms with Crippen molar-refractivity contribution in [3.63, 3.8) is 0 Å². The first kappa shape index (κ1) is 13.0. The van der Waals surface area contributed by atoms with Gasteiger partial charge >= 0.3 is 12.0 Å². The average molecular weight is 237 g/mol. The Labute approximate surface area is 99.2 Å². The second-order valence-electron chi connectivity index (χ2n) is 3.53. The zero-order valence-corrected chi connectivity index (χ0v) is 9.51. The molecule has 0 unspecified atom stereocenters. The Balaban J connectivity index is 2.28. The molecule has 6 nitrogen and oxygen atoms in total. The number of urea groups is 1. The summed E-state index contributed by atoms with van der Waals surface area (Å²) in [7, 11) is 1.48. The molecule has 1 rings (SSSR count). The molecule has 0 aliphatic heterocycles. The zero-order valence-electron chi connectivity index (χ0n) is 9.51. The first-order valence-corrected chi connectivity index (χ1v) is 5.09. The topological polar surface area (TPSA) is 81.7 Å². The van der Waals surface area contributed by atoms with Crippen LogP contribution in [0.5, 0.6) is 0 Å². The summed E-state index contributed by atoms with van der Waals surface area (Å²) in [6.45, 7) is 0.145. The molecule has 0 spiro atoms. The van der Waals surface area contributed by atoms with Gasteiger partial charge in [0, 0.05) is 13.6 Å². The van der Waals surface area contributed by atoms with Crippen molar-refractivity contribution in [1.29, 1.82) is 0 Å². The summed E-state index contributed by atoms with van der Waals surface area (Å²) in [4.78, 5) is 21.7. The van der Waals surface area contributed by atoms with E-state index in [1.165, 1.54) is 12.1 Å². The molecule has 0 saturated carbocycles. The molecule has 6 heteroatoms. The highest BCUT2D eigenvalue weighted by atomic mass is 16.4. The molecule has 1 aromatic carbocycles. The number of nitrogens with zero attached hydrogens (tertiary/aromatic N) is 1. The lowest BCUT2D eigenvalue weighted by Crippen LogP contribution is -2.46. The fourth-order valence-electron chi connectivity index (χ4n) is 1.23. The highest BCUT2D eigenvalue weighted by Gasteiger charge is 2.07. The largest absolute Gasteiger partial charge is 0.480 e. The minimum absolute atomic E-state index is 0.251. The number of aliphatic carboxylic acids is 1. The maximum absolute atomic E-state index is 11.4. The maximum Gasteiger partial charge on any atom is 0.329 e. The lowest BCUT2D eigenvalue weighted by molar-refractivity contribution is -0.138. The number of amides is 2. The fraction of sp³-hybridized carbons (Fsp3) is 0.273. The maximum atomic E-state index is 11.4. The number of nitrogens with one attached hydrogen (secondary N) is 2. The lowest BCUT2D eigenvalue weighted by atomic mass is 10.2. The van der Waals surface area contributed by atoms with Crippen molar-refractivity contribution in [3.8, 4) is 0 Å². The third kappa shape index (κ3) is 5.53. The van der Waals surface area contributed by atoms with Crippen molar-refractivity contribution < 1.29 is 14.7 Å². The highest BCUT2D eigenvalue weighted by molar-refractivity contribution is 5.74. The molecule has 1 aromatic rings. The van der Waals surface area contributed by atoms with Crippen molar-refractivity contribution in [2.24, 2.45) is 0 Å². The van der Waals surface area contributed by atoms with Crippen molar-refractivity contribution >= 4 is 12.0 Å². The van der Waals surface area contributed by atoms with Gasteiger partial charge in [0.15, 0.2) is 0 Å². The molecule has 0 heterocycles. The number of rotatable bonds is 5. The summed E-state index contributed by atoms with van der Waals surface area (Å²) in [6.07, 6.45) is 0. The number of hydrogen-bond acceptors (Lipinski definition) is 3. The van der Waals surface area contributed by atoms with E-state index in [0.29, 0.717) is 6.54 Å². The van der Waals surface area contributed by atoms with Gasteiger partial charge in [0.1, 0.15) is 6.54 Å². The SMILES string of the molecule is CN(CC(=O)O)NC(=O)NCc1ccccc1. The molecular weight excluding hydrogens is 222 g/mol. The van der Waals surface area contributed by atoms with E-state index < -0.39 is 12.0 Å². The predicted octanol–water partition coefficient (Wildman–Crippen LogP) is 0.417. The minimum atomic E-state index is -1.00. The number of carboxylic acid groups (broad SMARTS) is 1. The third-order valence-electron chi connectivity index (χ3n) is 1.96. The molecular formula is C11H15N3O3. The fourth-order valence-corrected chi connectivity index (χ4v) is 1.23. The third-order valence-corrected chi connectivity index (χ3v) is 1.96. The van der Waals surface area contributed by atoms with Crippen molar-refractivity contribution in [3.05, 3.63) is 35.9 Å². The number of carbonyl (C=O) groups is 2. The van der Waals surface area contributed by atoms with Crippen LogP contribution in [0.2, 0.25) is 0 Å². The van der Waals surface area contributed by atoms with Gasteiger partial charge in [-0.1, -0.05) is 30.3 Å². The lowest BCUT2D eigenvalue weighted by Gasteiger charge is -2.16. The average Bonchev–Trinajstić information content (AvgIpc) is 2.26. The number of carbonyl (C=O) groups excluding carboxylic acids is 1. The second-order valence-corrected chi connectivity index (χ2v) is 3.53. The second kappa shape index (κ2) is 6.49. The van der Waals surface area contributed by atoms with Crippen LogP contribution < -0.4 is 10.7 Å². The van der Waals surface area contributed by atoms with E-state index in [0.717, 1.165) is 5.56 Å². The Hall–Kier alpha value is -2.08. The molecule has 92 valence electrons. The number of hydrazine groups is 1. The Bertz CT molecular complexity index is 381. The summed E-state index contributed by atoms with van der Waals surface area (Å²) in [5.41, 5.74) is 3.36. The molecule has 17 heavy (non-hydrogen) atoms. The molecule has 0 bridgehead atoms. The zero-order chi connectivity index (χ0) is 12.7. The van der Waals surface area contributed by atoms with E-state index in [1.807, 2.05) is 30.3 Å². The van der Waals surface area contributed by atoms with E-state index in [-0.39, 0.29) is 6.54 Å². The molecule has 0 atom stereocenters. The van der Waals surface area contributed by atoms with Crippen LogP contribution in [0.15, 0.2) is 30.3 Å². The first-order valence-electron chi connectivity index (χ1n) is 5.09. The van der Waals surface area contributed by atoms with Gasteiger partial charge in [-0.3, -0.25) is 10.2 Å². The molecule has 0 aliphatic carbocycles. The molecule has 3 N–H and O–H groups in total. The standard InChI is InChI=1S/C11H15N3O3/c1-14(8-10(15)16)13-11(17)12-7-9-5-3-2-4-6-9/h2-6H,7-8H2,1H3,(H,15,16)(H2,12,13,17). The summed E-state index contributed by atoms with van der Waals surface area (Å²) in [5, 5.41) is 12.3. The summed E-state index contributed by atoms with van der Waals surface area (Å²) < 4.78 is 0. The number of likely N-dealkylation sites (N-methyl/N-ethyl adjacent to an activating group) is 1. The monoisotopic (exact) mass is 237 g/mol. The summed E-state index contributed by atoms with van der Waals surface area (Å²) >= 11 is 0. The van der Waals surface area contributed by atoms with Crippen LogP contribution in [0, 0.1) is 0 Å². The van der Waals surface area contributed by atoms with E-state index in [9.17, 15) is 9.59 Å². The Kier molecular flexibility index (Phi) is 4.96. The van der Waals surface area contributed by atoms with Crippen LogP contribution in [0.3, 0.4) is 0 Å². The predicted molar refractivity (Wildman–Crippen MR) is 62.1 cm³/mol. The molecule has 0 fully saturated rings. The van der Waals surface area contributed by atoms with E-state index in [4.69, 9.17) is 5.11 Å². The van der Waals surface area contributed by atoms with E-state index in [2.05, 4.69) is 10.7 Å². The van der Waals surface area contributed by atoms with Gasteiger partial charge in [-0.05, 0) is 5.56 Å². The molecule has 0 radical (unpaired) electrons. The first-order chi connectivity index (χ1) is 8.08. The summed E-state index contributed by atoms with van der Waals surface area (Å²) in [5.74, 6) is -1.00. The van der Waals surface area contributed by atoms with Crippen LogP contribution in [0.25, 0.3) is 0 Å². The van der Waals surface area contributed by atoms with Gasteiger partial charge in [0.05, 0.1) is 0 Å². The number of benzene rings is 1. The van der Waals surface area contributed by atoms with Gasteiger partial charge in [0.25, 0.3) is 0 Å². The van der Waals surface area contributed by atoms with Crippen LogP contribution in [0.1, 0.15) is 5.56 Å². The van der Waals surface area contributed by atoms with Crippen LogP contribution in [-0.2, 0) is 11.3 Å². The molecule has 0 aliphatic rings. The van der Waals surface area contributed by atoms with Crippen molar-refractivity contribution in [1.82, 2.24) is 15.8 Å². The smallest absolute Gasteiger partial charge is 0.329 e. The van der Waals surface area contributed by atoms with Crippen LogP contribution in [-0.4, -0.2) is 35.7 Å². The molecule has 0 saturated heterocycles. The van der Waals surface area contributed by atoms with E-state index >= 15 is 0 Å². The highest BCUT2D eigenvalue weighted by Crippen LogP contribution is 1.96. The van der Waals surface area contributed by atoms with Crippen molar-refractivity contribution in [2.75, 3.05) is 13.6 Å². The van der Waals surface area contributed by atoms with Gasteiger partial charge < -0.3 is 10.4 Å². The Morgan fingerprint density at radius 3 is 2.53 bits per heavy atom. The van der Waals surface area contributed by atoms with Gasteiger partial charge in [-0.25, -0.2) is 9.80 Å². The van der Waals surface area contributed by atoms with Gasteiger partial charge in [-0.2, -0.15) is 0 Å². The Morgan fingerprint density at radius 1 is 1.29 bits per heavy atom. The van der Waals surface area contributed by atoms with Crippen molar-refractivity contribution in [2.45, 2.75) is 6.54 Å². The van der Waals surface area contributed by atoms with Crippen LogP contribution in [0.4, 0.5) is 4.79 Å². The van der Waals surface area contributed by atoms with E-state index in [1.54, 1.807) is 0 Å². The Morgan fingerprint density at radius 2 is 1.94 bits per heavy atom. The number of hydrogen-bond donors (Lipinski definition) is 3. The van der Waals surface area contributed by atoms with Gasteiger partial charge in [-0.15, -0.1) is 0 Å². The number of carboxylic acids is 1. The minimum Gasteiger partial charge on any atom is -0.480 e. The van der Waals surface area contributed by atoms with Gasteiger partial charge in [0.2, 0.25) is 0 Å². The normalized spacial score (nSPS) is 10.0. The summed E-state index contributed by atoms with van der Waals surface area (Å²) in [6, 6.07) is 9.00. The van der Waals surface area contributed by atoms with Crippen LogP contribution >= 0.6 is 0 Å². The molecule has 0 aromatic heterocycles. The molecule has 2 amide bonds.